The number of carbonyl (C=O) groups is 1. The van der Waals surface area contributed by atoms with Crippen LogP contribution in [0, 0.1) is 6.92 Å². The standard InChI is InChI=1S/C20H28N4O2S/c1-15-11-19(23(3)22-15)20(25)21-13-16(2)26-18-6-4-5-17(12-18)14-24-7-9-27-10-8-24/h4-6,11-12,16H,7-10,13-14H2,1-3H3,(H,21,25). The first-order valence-corrected chi connectivity index (χ1v) is 10.5. The summed E-state index contributed by atoms with van der Waals surface area (Å²) < 4.78 is 7.60. The summed E-state index contributed by atoms with van der Waals surface area (Å²) >= 11 is 2.02. The van der Waals surface area contributed by atoms with Gasteiger partial charge in [0.1, 0.15) is 17.5 Å². The molecule has 6 nitrogen and oxygen atoms in total. The van der Waals surface area contributed by atoms with Crippen LogP contribution in [0.4, 0.5) is 0 Å². The van der Waals surface area contributed by atoms with Gasteiger partial charge in [-0.15, -0.1) is 0 Å². The van der Waals surface area contributed by atoms with Gasteiger partial charge in [-0.3, -0.25) is 14.4 Å². The van der Waals surface area contributed by atoms with Crippen molar-refractivity contribution in [1.29, 1.82) is 0 Å². The molecule has 1 atom stereocenters. The second-order valence-corrected chi connectivity index (χ2v) is 8.19. The number of rotatable bonds is 7. The fraction of sp³-hybridized carbons (Fsp3) is 0.500. The summed E-state index contributed by atoms with van der Waals surface area (Å²) in [5.74, 6) is 3.13. The molecule has 2 heterocycles. The van der Waals surface area contributed by atoms with Crippen molar-refractivity contribution in [2.45, 2.75) is 26.5 Å². The number of hydrogen-bond acceptors (Lipinski definition) is 5. The number of thioether (sulfide) groups is 1. The van der Waals surface area contributed by atoms with Crippen molar-refractivity contribution >= 4 is 17.7 Å². The van der Waals surface area contributed by atoms with Gasteiger partial charge in [-0.25, -0.2) is 0 Å². The molecule has 1 amide bonds. The molecule has 1 saturated heterocycles. The molecule has 0 radical (unpaired) electrons. The Balaban J connectivity index is 1.50. The summed E-state index contributed by atoms with van der Waals surface area (Å²) in [5, 5.41) is 7.12. The topological polar surface area (TPSA) is 59.4 Å². The highest BCUT2D eigenvalue weighted by molar-refractivity contribution is 7.99. The number of amides is 1. The Hall–Kier alpha value is -1.99. The molecule has 7 heteroatoms. The smallest absolute Gasteiger partial charge is 0.269 e. The van der Waals surface area contributed by atoms with Gasteiger partial charge in [0.15, 0.2) is 0 Å². The van der Waals surface area contributed by atoms with Crippen molar-refractivity contribution in [3.63, 3.8) is 0 Å². The molecule has 1 aliphatic heterocycles. The zero-order valence-corrected chi connectivity index (χ0v) is 17.1. The lowest BCUT2D eigenvalue weighted by Gasteiger charge is -2.26. The van der Waals surface area contributed by atoms with Gasteiger partial charge in [0.05, 0.1) is 12.2 Å². The molecule has 146 valence electrons. The quantitative estimate of drug-likeness (QED) is 0.790. The monoisotopic (exact) mass is 388 g/mol. The van der Waals surface area contributed by atoms with Crippen LogP contribution in [0.15, 0.2) is 30.3 Å². The van der Waals surface area contributed by atoms with Crippen molar-refractivity contribution < 1.29 is 9.53 Å². The molecule has 1 aromatic carbocycles. The number of nitrogens with one attached hydrogen (secondary N) is 1. The van der Waals surface area contributed by atoms with Gasteiger partial charge in [-0.1, -0.05) is 12.1 Å². The van der Waals surface area contributed by atoms with Crippen LogP contribution in [0.3, 0.4) is 0 Å². The summed E-state index contributed by atoms with van der Waals surface area (Å²) in [6.07, 6.45) is -0.120. The van der Waals surface area contributed by atoms with Gasteiger partial charge in [0.2, 0.25) is 0 Å². The van der Waals surface area contributed by atoms with Gasteiger partial charge < -0.3 is 10.1 Å². The van der Waals surface area contributed by atoms with Gasteiger partial charge in [0, 0.05) is 38.2 Å². The van der Waals surface area contributed by atoms with E-state index in [4.69, 9.17) is 4.74 Å². The second-order valence-electron chi connectivity index (χ2n) is 6.97. The van der Waals surface area contributed by atoms with E-state index in [1.807, 2.05) is 37.7 Å². The number of ether oxygens (including phenoxy) is 1. The van der Waals surface area contributed by atoms with Crippen LogP contribution >= 0.6 is 11.8 Å². The molecule has 1 aromatic heterocycles. The van der Waals surface area contributed by atoms with Crippen molar-refractivity contribution in [3.8, 4) is 5.75 Å². The molecule has 2 aromatic rings. The van der Waals surface area contributed by atoms with Crippen LogP contribution in [0.2, 0.25) is 0 Å². The van der Waals surface area contributed by atoms with Crippen LogP contribution in [-0.4, -0.2) is 57.8 Å². The molecule has 0 aliphatic carbocycles. The summed E-state index contributed by atoms with van der Waals surface area (Å²) in [5.41, 5.74) is 2.65. The molecule has 27 heavy (non-hydrogen) atoms. The van der Waals surface area contributed by atoms with E-state index < -0.39 is 0 Å². The Labute approximate surface area is 165 Å². The number of aromatic nitrogens is 2. The summed E-state index contributed by atoms with van der Waals surface area (Å²) in [6, 6.07) is 10.0. The maximum absolute atomic E-state index is 12.3. The lowest BCUT2D eigenvalue weighted by Crippen LogP contribution is -2.34. The maximum Gasteiger partial charge on any atom is 0.269 e. The van der Waals surface area contributed by atoms with E-state index in [1.54, 1.807) is 17.8 Å². The van der Waals surface area contributed by atoms with Crippen LogP contribution in [-0.2, 0) is 13.6 Å². The Kier molecular flexibility index (Phi) is 6.79. The van der Waals surface area contributed by atoms with Crippen LogP contribution < -0.4 is 10.1 Å². The molecule has 0 spiro atoms. The van der Waals surface area contributed by atoms with E-state index in [2.05, 4.69) is 27.4 Å². The van der Waals surface area contributed by atoms with Gasteiger partial charge in [-0.2, -0.15) is 16.9 Å². The fourth-order valence-electron chi connectivity index (χ4n) is 3.16. The minimum Gasteiger partial charge on any atom is -0.489 e. The van der Waals surface area contributed by atoms with Crippen LogP contribution in [0.1, 0.15) is 28.7 Å². The van der Waals surface area contributed by atoms with Gasteiger partial charge in [0.25, 0.3) is 5.91 Å². The van der Waals surface area contributed by atoms with E-state index in [0.29, 0.717) is 12.2 Å². The minimum absolute atomic E-state index is 0.120. The van der Waals surface area contributed by atoms with E-state index in [0.717, 1.165) is 31.1 Å². The number of aryl methyl sites for hydroxylation is 2. The van der Waals surface area contributed by atoms with Gasteiger partial charge in [-0.05, 0) is 37.6 Å². The largest absolute Gasteiger partial charge is 0.489 e. The average molecular weight is 389 g/mol. The molecule has 1 aliphatic rings. The molecule has 0 saturated carbocycles. The molecule has 1 unspecified atom stereocenters. The van der Waals surface area contributed by atoms with Crippen molar-refractivity contribution in [2.75, 3.05) is 31.1 Å². The van der Waals surface area contributed by atoms with Crippen molar-refractivity contribution in [2.24, 2.45) is 7.05 Å². The molecule has 3 rings (SSSR count). The Morgan fingerprint density at radius 1 is 1.33 bits per heavy atom. The Morgan fingerprint density at radius 3 is 2.81 bits per heavy atom. The third-order valence-corrected chi connectivity index (χ3v) is 5.47. The minimum atomic E-state index is -0.134. The molecule has 1 N–H and O–H groups in total. The number of benzene rings is 1. The van der Waals surface area contributed by atoms with Crippen LogP contribution in [0.25, 0.3) is 0 Å². The highest BCUT2D eigenvalue weighted by atomic mass is 32.2. The third-order valence-electron chi connectivity index (χ3n) is 4.53. The first-order chi connectivity index (χ1) is 13.0. The number of nitrogens with zero attached hydrogens (tertiary/aromatic N) is 3. The Morgan fingerprint density at radius 2 is 2.11 bits per heavy atom. The SMILES string of the molecule is Cc1cc(C(=O)NCC(C)Oc2cccc(CN3CCSCC3)c2)n(C)n1. The maximum atomic E-state index is 12.3. The van der Waals surface area contributed by atoms with Crippen molar-refractivity contribution in [1.82, 2.24) is 20.0 Å². The zero-order chi connectivity index (χ0) is 19.2. The predicted molar refractivity (Wildman–Crippen MR) is 109 cm³/mol. The third kappa shape index (κ3) is 5.74. The molecular weight excluding hydrogens is 360 g/mol. The van der Waals surface area contributed by atoms with E-state index in [9.17, 15) is 4.79 Å². The van der Waals surface area contributed by atoms with Gasteiger partial charge >= 0.3 is 0 Å². The normalized spacial score (nSPS) is 16.1. The summed E-state index contributed by atoms with van der Waals surface area (Å²) in [4.78, 5) is 14.8. The average Bonchev–Trinajstić information content (AvgIpc) is 2.99. The summed E-state index contributed by atoms with van der Waals surface area (Å²) in [7, 11) is 1.77. The lowest BCUT2D eigenvalue weighted by atomic mass is 10.2. The highest BCUT2D eigenvalue weighted by Crippen LogP contribution is 2.18. The Bertz CT molecular complexity index is 771. The first kappa shape index (κ1) is 19.8. The van der Waals surface area contributed by atoms with E-state index >= 15 is 0 Å². The molecular formula is C20H28N4O2S. The van der Waals surface area contributed by atoms with Crippen molar-refractivity contribution in [3.05, 3.63) is 47.3 Å². The molecule has 0 bridgehead atoms. The van der Waals surface area contributed by atoms with Crippen LogP contribution in [0.5, 0.6) is 5.75 Å². The number of hydrogen-bond donors (Lipinski definition) is 1. The molecule has 1 fully saturated rings. The lowest BCUT2D eigenvalue weighted by molar-refractivity contribution is 0.0922. The zero-order valence-electron chi connectivity index (χ0n) is 16.3. The fourth-order valence-corrected chi connectivity index (χ4v) is 4.14. The second kappa shape index (κ2) is 9.28. The number of carbonyl (C=O) groups excluding carboxylic acids is 1. The highest BCUT2D eigenvalue weighted by Gasteiger charge is 2.14. The van der Waals surface area contributed by atoms with E-state index in [-0.39, 0.29) is 12.0 Å². The predicted octanol–water partition coefficient (Wildman–Crippen LogP) is 2.47. The van der Waals surface area contributed by atoms with E-state index in [1.165, 1.54) is 17.1 Å². The first-order valence-electron chi connectivity index (χ1n) is 9.36. The summed E-state index contributed by atoms with van der Waals surface area (Å²) in [6.45, 7) is 7.53.